The van der Waals surface area contributed by atoms with Crippen LogP contribution in [-0.2, 0) is 6.18 Å². The predicted octanol–water partition coefficient (Wildman–Crippen LogP) is 5.17. The van der Waals surface area contributed by atoms with Crippen molar-refractivity contribution in [2.75, 3.05) is 13.1 Å². The second-order valence-corrected chi connectivity index (χ2v) is 9.34. The summed E-state index contributed by atoms with van der Waals surface area (Å²) >= 11 is 0. The van der Waals surface area contributed by atoms with E-state index >= 15 is 0 Å². The van der Waals surface area contributed by atoms with Crippen molar-refractivity contribution >= 4 is 5.91 Å². The van der Waals surface area contributed by atoms with Crippen LogP contribution in [0.2, 0.25) is 0 Å². The van der Waals surface area contributed by atoms with Gasteiger partial charge in [-0.2, -0.15) is 13.2 Å². The van der Waals surface area contributed by atoms with E-state index in [1.165, 1.54) is 17.7 Å². The third kappa shape index (κ3) is 6.15. The summed E-state index contributed by atoms with van der Waals surface area (Å²) in [6.07, 6.45) is 0.521. The van der Waals surface area contributed by atoms with Crippen LogP contribution in [0.3, 0.4) is 0 Å². The van der Waals surface area contributed by atoms with Crippen LogP contribution in [0.1, 0.15) is 78.0 Å². The molecule has 1 aliphatic heterocycles. The fourth-order valence-electron chi connectivity index (χ4n) is 5.01. The number of rotatable bonds is 6. The summed E-state index contributed by atoms with van der Waals surface area (Å²) < 4.78 is 39.1. The molecule has 0 radical (unpaired) electrons. The zero-order valence-electron chi connectivity index (χ0n) is 18.9. The van der Waals surface area contributed by atoms with Crippen molar-refractivity contribution in [1.29, 1.82) is 0 Å². The average Bonchev–Trinajstić information content (AvgIpc) is 3.28. The number of carbonyl (C=O) groups is 1. The van der Waals surface area contributed by atoms with Gasteiger partial charge in [0.2, 0.25) is 0 Å². The number of amides is 1. The average molecular weight is 460 g/mol. The number of nitrogens with one attached hydrogen (secondary N) is 3. The number of benzene rings is 2. The first kappa shape index (κ1) is 23.8. The lowest BCUT2D eigenvalue weighted by atomic mass is 9.96. The molecule has 0 spiro atoms. The van der Waals surface area contributed by atoms with E-state index in [9.17, 15) is 18.0 Å². The second kappa shape index (κ2) is 10.3. The van der Waals surface area contributed by atoms with Crippen molar-refractivity contribution in [2.45, 2.75) is 69.2 Å². The standard InChI is InChI=1S/C26H32F3N3O/c1-17(20-3-2-4-22(15-20)26(27,28)29)31-24-10-9-21(16-24)18-5-7-19(8-6-18)25(33)32-23-11-13-30-14-12-23/h2-8,15,17,21,23-24,30-31H,9-14,16H2,1H3,(H,32,33)/t17-,21+,24?/m1/s1. The maximum atomic E-state index is 13.0. The zero-order chi connectivity index (χ0) is 23.4. The van der Waals surface area contributed by atoms with Crippen molar-refractivity contribution < 1.29 is 18.0 Å². The van der Waals surface area contributed by atoms with Gasteiger partial charge in [-0.05, 0) is 93.4 Å². The van der Waals surface area contributed by atoms with E-state index in [0.29, 0.717) is 17.0 Å². The summed E-state index contributed by atoms with van der Waals surface area (Å²) in [6, 6.07) is 13.8. The van der Waals surface area contributed by atoms with Crippen LogP contribution in [0.15, 0.2) is 48.5 Å². The van der Waals surface area contributed by atoms with Crippen LogP contribution in [0, 0.1) is 0 Å². The van der Waals surface area contributed by atoms with Gasteiger partial charge in [0.05, 0.1) is 5.56 Å². The van der Waals surface area contributed by atoms with Gasteiger partial charge >= 0.3 is 6.18 Å². The minimum atomic E-state index is -4.33. The van der Waals surface area contributed by atoms with Gasteiger partial charge in [0.25, 0.3) is 5.91 Å². The van der Waals surface area contributed by atoms with Crippen LogP contribution >= 0.6 is 0 Å². The van der Waals surface area contributed by atoms with Gasteiger partial charge in [-0.3, -0.25) is 4.79 Å². The predicted molar refractivity (Wildman–Crippen MR) is 123 cm³/mol. The first-order chi connectivity index (χ1) is 15.8. The fourth-order valence-corrected chi connectivity index (χ4v) is 5.01. The molecule has 2 fully saturated rings. The molecule has 1 aliphatic carbocycles. The summed E-state index contributed by atoms with van der Waals surface area (Å²) in [6.45, 7) is 3.79. The molecule has 178 valence electrons. The molecule has 3 atom stereocenters. The molecule has 0 aromatic heterocycles. The van der Waals surface area contributed by atoms with E-state index in [-0.39, 0.29) is 24.0 Å². The third-order valence-electron chi connectivity index (χ3n) is 6.95. The Bertz CT molecular complexity index is 939. The Morgan fingerprint density at radius 2 is 1.73 bits per heavy atom. The Balaban J connectivity index is 1.31. The quantitative estimate of drug-likeness (QED) is 0.558. The topological polar surface area (TPSA) is 53.2 Å². The van der Waals surface area contributed by atoms with Crippen LogP contribution < -0.4 is 16.0 Å². The molecule has 2 aromatic carbocycles. The summed E-state index contributed by atoms with van der Waals surface area (Å²) in [5, 5.41) is 9.93. The van der Waals surface area contributed by atoms with Crippen LogP contribution in [0.25, 0.3) is 0 Å². The van der Waals surface area contributed by atoms with Crippen molar-refractivity contribution in [1.82, 2.24) is 16.0 Å². The molecule has 1 saturated heterocycles. The summed E-state index contributed by atoms with van der Waals surface area (Å²) in [5.74, 6) is 0.368. The Labute approximate surface area is 193 Å². The molecule has 3 N–H and O–H groups in total. The smallest absolute Gasteiger partial charge is 0.349 e. The maximum Gasteiger partial charge on any atom is 0.416 e. The van der Waals surface area contributed by atoms with E-state index in [1.54, 1.807) is 6.07 Å². The summed E-state index contributed by atoms with van der Waals surface area (Å²) in [7, 11) is 0. The van der Waals surface area contributed by atoms with E-state index in [4.69, 9.17) is 0 Å². The molecular formula is C26H32F3N3O. The largest absolute Gasteiger partial charge is 0.416 e. The number of hydrogen-bond acceptors (Lipinski definition) is 3. The number of halogens is 3. The van der Waals surface area contributed by atoms with E-state index < -0.39 is 11.7 Å². The van der Waals surface area contributed by atoms with Crippen molar-refractivity contribution in [3.05, 3.63) is 70.8 Å². The van der Waals surface area contributed by atoms with Crippen LogP contribution in [0.5, 0.6) is 0 Å². The number of alkyl halides is 3. The van der Waals surface area contributed by atoms with Crippen molar-refractivity contribution in [3.8, 4) is 0 Å². The third-order valence-corrected chi connectivity index (χ3v) is 6.95. The van der Waals surface area contributed by atoms with Crippen molar-refractivity contribution in [2.24, 2.45) is 0 Å². The highest BCUT2D eigenvalue weighted by molar-refractivity contribution is 5.94. The highest BCUT2D eigenvalue weighted by atomic mass is 19.4. The fraction of sp³-hybridized carbons (Fsp3) is 0.500. The maximum absolute atomic E-state index is 13.0. The van der Waals surface area contributed by atoms with Gasteiger partial charge in [0.15, 0.2) is 0 Å². The number of piperidine rings is 1. The van der Waals surface area contributed by atoms with Crippen LogP contribution in [0.4, 0.5) is 13.2 Å². The first-order valence-electron chi connectivity index (χ1n) is 11.8. The molecule has 1 amide bonds. The minimum Gasteiger partial charge on any atom is -0.349 e. The van der Waals surface area contributed by atoms with E-state index in [0.717, 1.165) is 51.3 Å². The molecule has 2 aliphatic rings. The Kier molecular flexibility index (Phi) is 7.39. The Morgan fingerprint density at radius 3 is 2.42 bits per heavy atom. The molecule has 33 heavy (non-hydrogen) atoms. The van der Waals surface area contributed by atoms with E-state index in [2.05, 4.69) is 16.0 Å². The van der Waals surface area contributed by atoms with Crippen LogP contribution in [-0.4, -0.2) is 31.1 Å². The monoisotopic (exact) mass is 459 g/mol. The Hall–Kier alpha value is -2.38. The summed E-state index contributed by atoms with van der Waals surface area (Å²) in [5.41, 5.74) is 1.94. The number of carbonyl (C=O) groups excluding carboxylic acids is 1. The number of hydrogen-bond donors (Lipinski definition) is 3. The molecule has 1 heterocycles. The molecule has 4 rings (SSSR count). The molecule has 4 nitrogen and oxygen atoms in total. The van der Waals surface area contributed by atoms with Gasteiger partial charge in [0, 0.05) is 23.7 Å². The van der Waals surface area contributed by atoms with Gasteiger partial charge in [-0.15, -0.1) is 0 Å². The van der Waals surface area contributed by atoms with Crippen molar-refractivity contribution in [3.63, 3.8) is 0 Å². The highest BCUT2D eigenvalue weighted by Gasteiger charge is 2.31. The molecule has 1 saturated carbocycles. The Morgan fingerprint density at radius 1 is 1.00 bits per heavy atom. The van der Waals surface area contributed by atoms with Gasteiger partial charge in [0.1, 0.15) is 0 Å². The molecule has 2 aromatic rings. The van der Waals surface area contributed by atoms with Gasteiger partial charge in [-0.1, -0.05) is 24.3 Å². The molecule has 0 bridgehead atoms. The molecular weight excluding hydrogens is 427 g/mol. The minimum absolute atomic E-state index is 0.0191. The lowest BCUT2D eigenvalue weighted by molar-refractivity contribution is -0.137. The highest BCUT2D eigenvalue weighted by Crippen LogP contribution is 2.36. The summed E-state index contributed by atoms with van der Waals surface area (Å²) in [4.78, 5) is 12.5. The van der Waals surface area contributed by atoms with Gasteiger partial charge < -0.3 is 16.0 Å². The molecule has 7 heteroatoms. The first-order valence-corrected chi connectivity index (χ1v) is 11.8. The second-order valence-electron chi connectivity index (χ2n) is 9.34. The lowest BCUT2D eigenvalue weighted by Crippen LogP contribution is -2.42. The van der Waals surface area contributed by atoms with E-state index in [1.807, 2.05) is 31.2 Å². The lowest BCUT2D eigenvalue weighted by Gasteiger charge is -2.23. The van der Waals surface area contributed by atoms with Gasteiger partial charge in [-0.25, -0.2) is 0 Å². The molecule has 1 unspecified atom stereocenters. The normalized spacial score (nSPS) is 22.8. The zero-order valence-corrected chi connectivity index (χ0v) is 18.9. The SMILES string of the molecule is C[C@@H](NC1CC[C@H](c2ccc(C(=O)NC3CCNCC3)cc2)C1)c1cccc(C(F)(F)F)c1.